The van der Waals surface area contributed by atoms with Gasteiger partial charge in [0.1, 0.15) is 11.4 Å². The zero-order valence-corrected chi connectivity index (χ0v) is 9.36. The summed E-state index contributed by atoms with van der Waals surface area (Å²) in [6.45, 7) is 4.02. The van der Waals surface area contributed by atoms with E-state index in [4.69, 9.17) is 4.74 Å². The first kappa shape index (κ1) is 9.87. The van der Waals surface area contributed by atoms with Gasteiger partial charge in [-0.1, -0.05) is 6.07 Å². The van der Waals surface area contributed by atoms with Crippen molar-refractivity contribution in [3.8, 4) is 5.75 Å². The van der Waals surface area contributed by atoms with Crippen molar-refractivity contribution >= 4 is 11.8 Å². The second-order valence-electron chi connectivity index (χ2n) is 3.83. The van der Waals surface area contributed by atoms with Gasteiger partial charge in [0.05, 0.1) is 0 Å². The number of benzene rings is 1. The van der Waals surface area contributed by atoms with Crippen LogP contribution in [0, 0.1) is 0 Å². The largest absolute Gasteiger partial charge is 0.485 e. The molecule has 1 aromatic carbocycles. The second kappa shape index (κ2) is 3.83. The molecule has 0 radical (unpaired) electrons. The molecule has 0 amide bonds. The molecular weight excluding hydrogens is 194 g/mol. The fourth-order valence-electron chi connectivity index (χ4n) is 1.50. The lowest BCUT2D eigenvalue weighted by Crippen LogP contribution is -2.61. The Morgan fingerprint density at radius 2 is 2.21 bits per heavy atom. The normalized spacial score (nSPS) is 18.7. The Balaban J connectivity index is 2.08. The fraction of sp³-hybridized carbons (Fsp3) is 0.455. The predicted octanol–water partition coefficient (Wildman–Crippen LogP) is 2.15. The highest BCUT2D eigenvalue weighted by molar-refractivity contribution is 7.98. The first-order chi connectivity index (χ1) is 6.72. The minimum atomic E-state index is -0.00295. The monoisotopic (exact) mass is 209 g/mol. The first-order valence-corrected chi connectivity index (χ1v) is 5.98. The van der Waals surface area contributed by atoms with Gasteiger partial charge in [0.15, 0.2) is 0 Å². The average molecular weight is 209 g/mol. The third-order valence-corrected chi connectivity index (χ3v) is 3.13. The standard InChI is InChI=1S/C11H15NOS/c1-11(7-12-8-11)13-9-4-3-5-10(6-9)14-2/h3-6,12H,7-8H2,1-2H3. The molecule has 76 valence electrons. The first-order valence-electron chi connectivity index (χ1n) is 4.76. The highest BCUT2D eigenvalue weighted by Gasteiger charge is 2.33. The van der Waals surface area contributed by atoms with Gasteiger partial charge in [-0.3, -0.25) is 0 Å². The Bertz CT molecular complexity index is 323. The van der Waals surface area contributed by atoms with E-state index in [-0.39, 0.29) is 5.60 Å². The molecule has 1 fully saturated rings. The van der Waals surface area contributed by atoms with Crippen LogP contribution in [0.4, 0.5) is 0 Å². The number of ether oxygens (including phenoxy) is 1. The summed E-state index contributed by atoms with van der Waals surface area (Å²) in [6.07, 6.45) is 2.08. The molecule has 0 atom stereocenters. The third kappa shape index (κ3) is 2.04. The summed E-state index contributed by atoms with van der Waals surface area (Å²) in [7, 11) is 0. The van der Waals surface area contributed by atoms with Crippen LogP contribution < -0.4 is 10.1 Å². The van der Waals surface area contributed by atoms with Crippen molar-refractivity contribution in [3.63, 3.8) is 0 Å². The summed E-state index contributed by atoms with van der Waals surface area (Å²) in [6, 6.07) is 8.24. The Labute approximate surface area is 89.0 Å². The topological polar surface area (TPSA) is 21.3 Å². The van der Waals surface area contributed by atoms with E-state index in [1.807, 2.05) is 12.1 Å². The average Bonchev–Trinajstić information content (AvgIpc) is 2.16. The summed E-state index contributed by atoms with van der Waals surface area (Å²) >= 11 is 1.74. The van der Waals surface area contributed by atoms with E-state index in [0.717, 1.165) is 18.8 Å². The van der Waals surface area contributed by atoms with Gasteiger partial charge < -0.3 is 10.1 Å². The van der Waals surface area contributed by atoms with Crippen molar-refractivity contribution in [2.75, 3.05) is 19.3 Å². The van der Waals surface area contributed by atoms with Crippen LogP contribution >= 0.6 is 11.8 Å². The van der Waals surface area contributed by atoms with Gasteiger partial charge in [0.2, 0.25) is 0 Å². The van der Waals surface area contributed by atoms with Crippen molar-refractivity contribution < 1.29 is 4.74 Å². The summed E-state index contributed by atoms with van der Waals surface area (Å²) in [5, 5.41) is 3.22. The lowest BCUT2D eigenvalue weighted by atomic mass is 10.00. The molecule has 1 saturated heterocycles. The minimum absolute atomic E-state index is 0.00295. The number of thioether (sulfide) groups is 1. The second-order valence-corrected chi connectivity index (χ2v) is 4.71. The maximum Gasteiger partial charge on any atom is 0.131 e. The van der Waals surface area contributed by atoms with E-state index in [0.29, 0.717) is 0 Å². The van der Waals surface area contributed by atoms with E-state index in [1.54, 1.807) is 11.8 Å². The number of hydrogen-bond donors (Lipinski definition) is 1. The van der Waals surface area contributed by atoms with Gasteiger partial charge in [-0.15, -0.1) is 11.8 Å². The Kier molecular flexibility index (Phi) is 2.70. The van der Waals surface area contributed by atoms with Crippen LogP contribution in [0.25, 0.3) is 0 Å². The lowest BCUT2D eigenvalue weighted by Gasteiger charge is -2.39. The predicted molar refractivity (Wildman–Crippen MR) is 60.1 cm³/mol. The van der Waals surface area contributed by atoms with Crippen molar-refractivity contribution in [1.82, 2.24) is 5.32 Å². The molecule has 0 spiro atoms. The molecule has 2 rings (SSSR count). The van der Waals surface area contributed by atoms with E-state index in [2.05, 4.69) is 30.6 Å². The van der Waals surface area contributed by atoms with Crippen LogP contribution in [0.2, 0.25) is 0 Å². The van der Waals surface area contributed by atoms with Gasteiger partial charge in [-0.05, 0) is 31.4 Å². The SMILES string of the molecule is CSc1cccc(OC2(C)CNC2)c1. The Hall–Kier alpha value is -0.670. The van der Waals surface area contributed by atoms with Crippen molar-refractivity contribution in [3.05, 3.63) is 24.3 Å². The molecule has 14 heavy (non-hydrogen) atoms. The van der Waals surface area contributed by atoms with Gasteiger partial charge >= 0.3 is 0 Å². The van der Waals surface area contributed by atoms with Crippen LogP contribution in [0.5, 0.6) is 5.75 Å². The summed E-state index contributed by atoms with van der Waals surface area (Å²) < 4.78 is 5.90. The molecule has 0 unspecified atom stereocenters. The molecule has 0 aliphatic carbocycles. The minimum Gasteiger partial charge on any atom is -0.485 e. The smallest absolute Gasteiger partial charge is 0.131 e. The van der Waals surface area contributed by atoms with Crippen molar-refractivity contribution in [2.45, 2.75) is 17.4 Å². The van der Waals surface area contributed by atoms with Gasteiger partial charge in [-0.25, -0.2) is 0 Å². The summed E-state index contributed by atoms with van der Waals surface area (Å²) in [4.78, 5) is 1.25. The molecule has 3 heteroatoms. The highest BCUT2D eigenvalue weighted by atomic mass is 32.2. The fourth-order valence-corrected chi connectivity index (χ4v) is 1.95. The Morgan fingerprint density at radius 3 is 2.79 bits per heavy atom. The summed E-state index contributed by atoms with van der Waals surface area (Å²) in [5.41, 5.74) is -0.00295. The zero-order valence-electron chi connectivity index (χ0n) is 8.54. The molecular formula is C11H15NOS. The van der Waals surface area contributed by atoms with Crippen LogP contribution in [0.3, 0.4) is 0 Å². The molecule has 0 bridgehead atoms. The van der Waals surface area contributed by atoms with Gasteiger partial charge in [-0.2, -0.15) is 0 Å². The highest BCUT2D eigenvalue weighted by Crippen LogP contribution is 2.25. The van der Waals surface area contributed by atoms with Crippen molar-refractivity contribution in [2.24, 2.45) is 0 Å². The van der Waals surface area contributed by atoms with Gasteiger partial charge in [0.25, 0.3) is 0 Å². The maximum absolute atomic E-state index is 5.90. The van der Waals surface area contributed by atoms with E-state index < -0.39 is 0 Å². The summed E-state index contributed by atoms with van der Waals surface area (Å²) in [5.74, 6) is 0.973. The zero-order chi connectivity index (χ0) is 10.0. The number of hydrogen-bond acceptors (Lipinski definition) is 3. The molecule has 1 N–H and O–H groups in total. The number of rotatable bonds is 3. The van der Waals surface area contributed by atoms with Crippen LogP contribution in [-0.2, 0) is 0 Å². The Morgan fingerprint density at radius 1 is 1.43 bits per heavy atom. The van der Waals surface area contributed by atoms with Crippen LogP contribution in [0.15, 0.2) is 29.2 Å². The molecule has 1 heterocycles. The lowest BCUT2D eigenvalue weighted by molar-refractivity contribution is 0.0347. The van der Waals surface area contributed by atoms with Gasteiger partial charge in [0, 0.05) is 18.0 Å². The molecule has 0 saturated carbocycles. The maximum atomic E-state index is 5.90. The van der Waals surface area contributed by atoms with E-state index >= 15 is 0 Å². The van der Waals surface area contributed by atoms with Crippen LogP contribution in [-0.4, -0.2) is 24.9 Å². The molecule has 1 aliphatic heterocycles. The van der Waals surface area contributed by atoms with E-state index in [1.165, 1.54) is 4.90 Å². The molecule has 1 aromatic rings. The third-order valence-electron chi connectivity index (χ3n) is 2.40. The van der Waals surface area contributed by atoms with Crippen molar-refractivity contribution in [1.29, 1.82) is 0 Å². The number of nitrogens with one attached hydrogen (secondary N) is 1. The van der Waals surface area contributed by atoms with Crippen LogP contribution in [0.1, 0.15) is 6.92 Å². The molecule has 1 aliphatic rings. The molecule has 2 nitrogen and oxygen atoms in total. The molecule has 0 aromatic heterocycles. The quantitative estimate of drug-likeness (QED) is 0.771. The van der Waals surface area contributed by atoms with E-state index in [9.17, 15) is 0 Å².